The van der Waals surface area contributed by atoms with E-state index in [0.717, 1.165) is 0 Å². The Hall–Kier alpha value is -1.47. The fourth-order valence-electron chi connectivity index (χ4n) is 1.06. The second kappa shape index (κ2) is 6.31. The molecule has 1 aromatic rings. The molecule has 2 unspecified atom stereocenters. The summed E-state index contributed by atoms with van der Waals surface area (Å²) >= 11 is 0. The first kappa shape index (κ1) is 13.6. The van der Waals surface area contributed by atoms with Crippen LogP contribution in [0.3, 0.4) is 0 Å². The molecule has 0 spiro atoms. The lowest BCUT2D eigenvalue weighted by atomic mass is 10.3. The Balaban J connectivity index is 2.55. The van der Waals surface area contributed by atoms with Crippen molar-refractivity contribution in [3.05, 3.63) is 24.0 Å². The highest BCUT2D eigenvalue weighted by atomic mass is 32.2. The van der Waals surface area contributed by atoms with Crippen LogP contribution in [-0.2, 0) is 10.8 Å². The van der Waals surface area contributed by atoms with Crippen LogP contribution >= 0.6 is 0 Å². The number of rotatable bonds is 5. The summed E-state index contributed by atoms with van der Waals surface area (Å²) < 4.78 is 11.1. The maximum Gasteiger partial charge on any atom is 0.269 e. The molecule has 4 N–H and O–H groups in total. The third-order valence-electron chi connectivity index (χ3n) is 2.28. The van der Waals surface area contributed by atoms with Gasteiger partial charge in [0, 0.05) is 28.9 Å². The molecule has 0 aromatic carbocycles. The Kier molecular flexibility index (Phi) is 5.05. The van der Waals surface area contributed by atoms with Gasteiger partial charge in [-0.15, -0.1) is 0 Å². The highest BCUT2D eigenvalue weighted by Crippen LogP contribution is 2.03. The van der Waals surface area contributed by atoms with Crippen molar-refractivity contribution in [1.29, 1.82) is 0 Å². The maximum atomic E-state index is 11.6. The molecule has 0 bridgehead atoms. The molecule has 7 heteroatoms. The Morgan fingerprint density at radius 2 is 2.29 bits per heavy atom. The topological polar surface area (TPSA) is 97.1 Å². The minimum atomic E-state index is -0.950. The average Bonchev–Trinajstić information content (AvgIpc) is 2.35. The molecule has 17 heavy (non-hydrogen) atoms. The number of aromatic nitrogens is 1. The minimum Gasteiger partial charge on any atom is -0.350 e. The van der Waals surface area contributed by atoms with Gasteiger partial charge in [0.2, 0.25) is 0 Å². The standard InChI is InChI=1S/C10H16N4O2S/c1-7(17(2)16)5-13-10(15)9-4-3-8(14-11)6-12-9/h3-4,6-7,14H,5,11H2,1-2H3,(H,13,15). The fraction of sp³-hybridized carbons (Fsp3) is 0.400. The van der Waals surface area contributed by atoms with Crippen LogP contribution in [0.1, 0.15) is 17.4 Å². The van der Waals surface area contributed by atoms with Crippen molar-refractivity contribution in [3.8, 4) is 0 Å². The van der Waals surface area contributed by atoms with Gasteiger partial charge in [-0.05, 0) is 19.1 Å². The first-order valence-corrected chi connectivity index (χ1v) is 6.69. The molecule has 0 aliphatic heterocycles. The quantitative estimate of drug-likeness (QED) is 0.503. The van der Waals surface area contributed by atoms with Crippen LogP contribution in [-0.4, -0.2) is 33.2 Å². The maximum absolute atomic E-state index is 11.6. The Morgan fingerprint density at radius 1 is 1.59 bits per heavy atom. The summed E-state index contributed by atoms with van der Waals surface area (Å²) in [4.78, 5) is 15.6. The van der Waals surface area contributed by atoms with Gasteiger partial charge in [-0.1, -0.05) is 0 Å². The van der Waals surface area contributed by atoms with Crippen molar-refractivity contribution < 1.29 is 9.00 Å². The summed E-state index contributed by atoms with van der Waals surface area (Å²) in [7, 11) is -0.950. The first-order chi connectivity index (χ1) is 8.04. The molecule has 0 saturated heterocycles. The normalized spacial score (nSPS) is 13.8. The zero-order valence-electron chi connectivity index (χ0n) is 9.77. The van der Waals surface area contributed by atoms with Gasteiger partial charge in [0.15, 0.2) is 0 Å². The van der Waals surface area contributed by atoms with Gasteiger partial charge in [-0.2, -0.15) is 0 Å². The largest absolute Gasteiger partial charge is 0.350 e. The number of anilines is 1. The SMILES string of the molecule is CC(CNC(=O)c1ccc(NN)cn1)S(C)=O. The van der Waals surface area contributed by atoms with Crippen molar-refractivity contribution in [3.63, 3.8) is 0 Å². The predicted molar refractivity (Wildman–Crippen MR) is 67.9 cm³/mol. The zero-order chi connectivity index (χ0) is 12.8. The van der Waals surface area contributed by atoms with Gasteiger partial charge in [0.05, 0.1) is 11.9 Å². The molecule has 1 aromatic heterocycles. The van der Waals surface area contributed by atoms with E-state index in [2.05, 4.69) is 15.7 Å². The number of nitrogens with one attached hydrogen (secondary N) is 2. The van der Waals surface area contributed by atoms with Gasteiger partial charge >= 0.3 is 0 Å². The van der Waals surface area contributed by atoms with Gasteiger partial charge in [0.1, 0.15) is 5.69 Å². The molecule has 1 heterocycles. The number of pyridine rings is 1. The Bertz CT molecular complexity index is 407. The number of carbonyl (C=O) groups excluding carboxylic acids is 1. The number of nitrogen functional groups attached to an aromatic ring is 1. The summed E-state index contributed by atoms with van der Waals surface area (Å²) in [5.41, 5.74) is 3.36. The van der Waals surface area contributed by atoms with Crippen LogP contribution in [0.15, 0.2) is 18.3 Å². The van der Waals surface area contributed by atoms with Crippen LogP contribution in [0, 0.1) is 0 Å². The molecular weight excluding hydrogens is 240 g/mol. The van der Waals surface area contributed by atoms with Crippen molar-refractivity contribution in [2.45, 2.75) is 12.2 Å². The Labute approximate surface area is 102 Å². The highest BCUT2D eigenvalue weighted by Gasteiger charge is 2.10. The van der Waals surface area contributed by atoms with E-state index >= 15 is 0 Å². The van der Waals surface area contributed by atoms with E-state index in [-0.39, 0.29) is 11.2 Å². The molecule has 6 nitrogen and oxygen atoms in total. The van der Waals surface area contributed by atoms with Crippen LogP contribution in [0.5, 0.6) is 0 Å². The number of hydrazine groups is 1. The molecule has 1 rings (SSSR count). The predicted octanol–water partition coefficient (Wildman–Crippen LogP) is -0.136. The highest BCUT2D eigenvalue weighted by molar-refractivity contribution is 7.84. The Morgan fingerprint density at radius 3 is 2.76 bits per heavy atom. The molecule has 0 aliphatic rings. The third kappa shape index (κ3) is 4.12. The summed E-state index contributed by atoms with van der Waals surface area (Å²) in [6.45, 7) is 2.17. The molecule has 2 atom stereocenters. The molecule has 0 fully saturated rings. The van der Waals surface area contributed by atoms with Crippen LogP contribution in [0.2, 0.25) is 0 Å². The second-order valence-corrected chi connectivity index (χ2v) is 5.40. The van der Waals surface area contributed by atoms with Crippen LogP contribution in [0.25, 0.3) is 0 Å². The van der Waals surface area contributed by atoms with E-state index in [4.69, 9.17) is 5.84 Å². The number of hydrogen-bond donors (Lipinski definition) is 3. The van der Waals surface area contributed by atoms with Crippen LogP contribution < -0.4 is 16.6 Å². The smallest absolute Gasteiger partial charge is 0.269 e. The lowest BCUT2D eigenvalue weighted by Gasteiger charge is -2.09. The van der Waals surface area contributed by atoms with E-state index in [0.29, 0.717) is 17.9 Å². The molecule has 1 amide bonds. The van der Waals surface area contributed by atoms with Gasteiger partial charge in [-0.25, -0.2) is 4.98 Å². The minimum absolute atomic E-state index is 0.0797. The lowest BCUT2D eigenvalue weighted by molar-refractivity contribution is 0.0949. The zero-order valence-corrected chi connectivity index (χ0v) is 10.6. The summed E-state index contributed by atoms with van der Waals surface area (Å²) in [5, 5.41) is 2.59. The number of nitrogens with two attached hydrogens (primary N) is 1. The third-order valence-corrected chi connectivity index (χ3v) is 3.58. The number of carbonyl (C=O) groups is 1. The molecule has 0 saturated carbocycles. The van der Waals surface area contributed by atoms with Crippen molar-refractivity contribution in [2.24, 2.45) is 5.84 Å². The van der Waals surface area contributed by atoms with Crippen molar-refractivity contribution >= 4 is 22.4 Å². The average molecular weight is 256 g/mol. The molecule has 94 valence electrons. The van der Waals surface area contributed by atoms with Gasteiger partial charge in [0.25, 0.3) is 5.91 Å². The number of hydrogen-bond acceptors (Lipinski definition) is 5. The van der Waals surface area contributed by atoms with E-state index < -0.39 is 10.8 Å². The molecule has 0 radical (unpaired) electrons. The van der Waals surface area contributed by atoms with E-state index in [1.54, 1.807) is 18.4 Å². The summed E-state index contributed by atoms with van der Waals surface area (Å²) in [6, 6.07) is 3.22. The second-order valence-electron chi connectivity index (χ2n) is 3.60. The first-order valence-electron chi connectivity index (χ1n) is 5.07. The van der Waals surface area contributed by atoms with Crippen LogP contribution in [0.4, 0.5) is 5.69 Å². The van der Waals surface area contributed by atoms with Crippen molar-refractivity contribution in [2.75, 3.05) is 18.2 Å². The molecular formula is C10H16N4O2S. The van der Waals surface area contributed by atoms with Gasteiger partial charge in [-0.3, -0.25) is 14.8 Å². The van der Waals surface area contributed by atoms with Crippen molar-refractivity contribution in [1.82, 2.24) is 10.3 Å². The monoisotopic (exact) mass is 256 g/mol. The summed E-state index contributed by atoms with van der Waals surface area (Å²) in [5.74, 6) is 4.90. The lowest BCUT2D eigenvalue weighted by Crippen LogP contribution is -2.33. The number of amides is 1. The molecule has 0 aliphatic carbocycles. The van der Waals surface area contributed by atoms with E-state index in [9.17, 15) is 9.00 Å². The van der Waals surface area contributed by atoms with E-state index in [1.807, 2.05) is 6.92 Å². The fourth-order valence-corrected chi connectivity index (χ4v) is 1.38. The number of nitrogens with zero attached hydrogens (tertiary/aromatic N) is 1. The summed E-state index contributed by atoms with van der Waals surface area (Å²) in [6.07, 6.45) is 3.08. The van der Waals surface area contributed by atoms with E-state index in [1.165, 1.54) is 6.20 Å². The van der Waals surface area contributed by atoms with Gasteiger partial charge < -0.3 is 10.7 Å².